The number of fused-ring (bicyclic) bond motifs is 1. The average Bonchev–Trinajstić information content (AvgIpc) is 3.39. The van der Waals surface area contributed by atoms with E-state index >= 15 is 0 Å². The van der Waals surface area contributed by atoms with Crippen LogP contribution in [0, 0.1) is 11.3 Å². The van der Waals surface area contributed by atoms with Crippen molar-refractivity contribution in [2.75, 3.05) is 45.7 Å². The number of H-pyrrole nitrogens is 1. The molecule has 10 nitrogen and oxygen atoms in total. The molecule has 1 aromatic heterocycles. The van der Waals surface area contributed by atoms with Gasteiger partial charge in [-0.05, 0) is 94.8 Å². The highest BCUT2D eigenvalue weighted by Crippen LogP contribution is 2.43. The van der Waals surface area contributed by atoms with Crippen LogP contribution in [0.15, 0.2) is 58.5 Å². The first kappa shape index (κ1) is 31.0. The minimum atomic E-state index is -4.61. The summed E-state index contributed by atoms with van der Waals surface area (Å²) in [5, 5.41) is 16.3. The third-order valence-electron chi connectivity index (χ3n) is 8.53. The van der Waals surface area contributed by atoms with Crippen molar-refractivity contribution in [3.05, 3.63) is 86.5 Å². The molecule has 3 aromatic rings. The molecule has 0 amide bonds. The zero-order chi connectivity index (χ0) is 31.8. The molecular formula is C31H34F3N7O3. The van der Waals surface area contributed by atoms with Gasteiger partial charge in [-0.25, -0.2) is 19.3 Å². The molecule has 13 heteroatoms. The van der Waals surface area contributed by atoms with Crippen molar-refractivity contribution in [2.45, 2.75) is 44.4 Å². The predicted octanol–water partition coefficient (Wildman–Crippen LogP) is 4.22. The second-order valence-electron chi connectivity index (χ2n) is 11.3. The summed E-state index contributed by atoms with van der Waals surface area (Å²) in [7, 11) is 5.37. The molecule has 2 aliphatic heterocycles. The van der Waals surface area contributed by atoms with Gasteiger partial charge in [0.25, 0.3) is 0 Å². The molecule has 44 heavy (non-hydrogen) atoms. The van der Waals surface area contributed by atoms with Crippen molar-refractivity contribution in [2.24, 2.45) is 0 Å². The Morgan fingerprint density at radius 2 is 1.91 bits per heavy atom. The number of carbonyl (C=O) groups is 1. The number of anilines is 2. The molecule has 1 saturated heterocycles. The minimum Gasteiger partial charge on any atom is -0.466 e. The number of alkyl halides is 3. The normalized spacial score (nSPS) is 18.0. The maximum absolute atomic E-state index is 13.6. The Balaban J connectivity index is 1.61. The number of nitriles is 1. The zero-order valence-corrected chi connectivity index (χ0v) is 25.0. The number of hydrogen-bond acceptors (Lipinski definition) is 8. The van der Waals surface area contributed by atoms with Crippen molar-refractivity contribution in [1.29, 1.82) is 5.26 Å². The third kappa shape index (κ3) is 5.87. The summed E-state index contributed by atoms with van der Waals surface area (Å²) in [6.45, 7) is 4.13. The SMILES string of the molecule is COC(=O)C1=C(C)N(c2cccc(C(F)(F)F)c2)c2n[nH]c(=O)n2[C@@H]1c1ccc(C#N)cc1CCN1CCC(N(C)C)CC1. The standard InChI is InChI=1S/C31H34F3N7O3/c1-19-26(28(42)44-4)27(41-29(36-37-30(41)43)40(19)24-7-5-6-22(17-24)31(32,33)34)25-9-8-20(18-35)16-21(25)10-13-39-14-11-23(12-15-39)38(2)3/h5-9,16-17,23,27H,10-15H2,1-4H3,(H,37,43)/t27-/m1/s1. The summed E-state index contributed by atoms with van der Waals surface area (Å²) in [5.74, 6) is -0.727. The number of nitrogens with one attached hydrogen (secondary N) is 1. The number of esters is 1. The summed E-state index contributed by atoms with van der Waals surface area (Å²) in [6, 6.07) is 11.4. The number of halogens is 3. The van der Waals surface area contributed by atoms with Gasteiger partial charge in [-0.3, -0.25) is 4.90 Å². The van der Waals surface area contributed by atoms with Crippen molar-refractivity contribution in [3.8, 4) is 6.07 Å². The first-order valence-electron chi connectivity index (χ1n) is 14.3. The first-order chi connectivity index (χ1) is 20.9. The summed E-state index contributed by atoms with van der Waals surface area (Å²) in [5.41, 5.74) is 0.641. The van der Waals surface area contributed by atoms with Crippen LogP contribution in [0.1, 0.15) is 48.1 Å². The second-order valence-corrected chi connectivity index (χ2v) is 11.3. The Labute approximate surface area is 252 Å². The smallest absolute Gasteiger partial charge is 0.416 e. The summed E-state index contributed by atoms with van der Waals surface area (Å²) < 4.78 is 47.3. The van der Waals surface area contributed by atoms with E-state index in [1.807, 2.05) is 0 Å². The van der Waals surface area contributed by atoms with Crippen molar-refractivity contribution >= 4 is 17.6 Å². The van der Waals surface area contributed by atoms with E-state index < -0.39 is 29.4 Å². The number of piperidine rings is 1. The number of allylic oxidation sites excluding steroid dienone is 1. The van der Waals surface area contributed by atoms with Crippen LogP contribution in [0.5, 0.6) is 0 Å². The van der Waals surface area contributed by atoms with E-state index in [0.29, 0.717) is 30.1 Å². The number of nitrogens with zero attached hydrogens (tertiary/aromatic N) is 6. The number of aromatic amines is 1. The van der Waals surface area contributed by atoms with Crippen LogP contribution < -0.4 is 10.6 Å². The number of benzene rings is 2. The predicted molar refractivity (Wildman–Crippen MR) is 157 cm³/mol. The van der Waals surface area contributed by atoms with Crippen molar-refractivity contribution in [3.63, 3.8) is 0 Å². The lowest BCUT2D eigenvalue weighted by Crippen LogP contribution is -2.42. The maximum Gasteiger partial charge on any atom is 0.416 e. The largest absolute Gasteiger partial charge is 0.466 e. The number of methoxy groups -OCH3 is 1. The molecule has 232 valence electrons. The van der Waals surface area contributed by atoms with Crippen LogP contribution in [0.2, 0.25) is 0 Å². The van der Waals surface area contributed by atoms with Crippen LogP contribution in [-0.2, 0) is 22.1 Å². The summed E-state index contributed by atoms with van der Waals surface area (Å²) >= 11 is 0. The lowest BCUT2D eigenvalue weighted by atomic mass is 9.89. The highest BCUT2D eigenvalue weighted by atomic mass is 19.4. The Bertz CT molecular complexity index is 1680. The number of carbonyl (C=O) groups excluding carboxylic acids is 1. The lowest BCUT2D eigenvalue weighted by molar-refractivity contribution is -0.138. The van der Waals surface area contributed by atoms with Gasteiger partial charge in [-0.2, -0.15) is 18.4 Å². The molecule has 2 aliphatic rings. The molecule has 0 saturated carbocycles. The van der Waals surface area contributed by atoms with Gasteiger partial charge in [0.1, 0.15) is 6.04 Å². The molecule has 0 unspecified atom stereocenters. The van der Waals surface area contributed by atoms with Crippen LogP contribution >= 0.6 is 0 Å². The number of ether oxygens (including phenoxy) is 1. The highest BCUT2D eigenvalue weighted by Gasteiger charge is 2.41. The number of hydrogen-bond donors (Lipinski definition) is 1. The Hall–Kier alpha value is -4.41. The van der Waals surface area contributed by atoms with E-state index in [1.165, 1.54) is 28.7 Å². The number of aromatic nitrogens is 3. The molecule has 1 atom stereocenters. The van der Waals surface area contributed by atoms with Gasteiger partial charge in [0.15, 0.2) is 0 Å². The molecule has 0 aliphatic carbocycles. The molecule has 0 spiro atoms. The van der Waals surface area contributed by atoms with Gasteiger partial charge >= 0.3 is 17.8 Å². The van der Waals surface area contributed by atoms with Gasteiger partial charge in [-0.1, -0.05) is 12.1 Å². The Kier molecular flexibility index (Phi) is 8.67. The Morgan fingerprint density at radius 3 is 2.55 bits per heavy atom. The fourth-order valence-electron chi connectivity index (χ4n) is 6.18. The second kappa shape index (κ2) is 12.3. The lowest BCUT2D eigenvalue weighted by Gasteiger charge is -2.37. The van der Waals surface area contributed by atoms with Crippen molar-refractivity contribution in [1.82, 2.24) is 24.6 Å². The van der Waals surface area contributed by atoms with Gasteiger partial charge in [0.2, 0.25) is 5.95 Å². The zero-order valence-electron chi connectivity index (χ0n) is 25.0. The van der Waals surface area contributed by atoms with E-state index in [1.54, 1.807) is 25.1 Å². The number of likely N-dealkylation sites (tertiary alicyclic amines) is 1. The van der Waals surface area contributed by atoms with Gasteiger partial charge in [0, 0.05) is 24.0 Å². The molecular weight excluding hydrogens is 575 g/mol. The average molecular weight is 610 g/mol. The molecule has 5 rings (SSSR count). The molecule has 3 heterocycles. The van der Waals surface area contributed by atoms with E-state index in [-0.39, 0.29) is 22.9 Å². The van der Waals surface area contributed by atoms with E-state index in [2.05, 4.69) is 40.2 Å². The minimum absolute atomic E-state index is 0.0190. The molecule has 0 radical (unpaired) electrons. The quantitative estimate of drug-likeness (QED) is 0.397. The monoisotopic (exact) mass is 609 g/mol. The molecule has 1 fully saturated rings. The van der Waals surface area contributed by atoms with Gasteiger partial charge in [0.05, 0.1) is 29.9 Å². The van der Waals surface area contributed by atoms with E-state index in [4.69, 9.17) is 4.74 Å². The third-order valence-corrected chi connectivity index (χ3v) is 8.53. The first-order valence-corrected chi connectivity index (χ1v) is 14.3. The fraction of sp³-hybridized carbons (Fsp3) is 0.419. The molecule has 1 N–H and O–H groups in total. The maximum atomic E-state index is 13.6. The molecule has 2 aromatic carbocycles. The number of rotatable bonds is 7. The Morgan fingerprint density at radius 1 is 1.18 bits per heavy atom. The van der Waals surface area contributed by atoms with Crippen LogP contribution in [0.25, 0.3) is 0 Å². The van der Waals surface area contributed by atoms with E-state index in [9.17, 15) is 28.0 Å². The van der Waals surface area contributed by atoms with Crippen LogP contribution in [0.3, 0.4) is 0 Å². The van der Waals surface area contributed by atoms with Crippen LogP contribution in [0.4, 0.5) is 24.8 Å². The molecule has 0 bridgehead atoms. The van der Waals surface area contributed by atoms with Crippen LogP contribution in [-0.4, -0.2) is 77.4 Å². The fourth-order valence-corrected chi connectivity index (χ4v) is 6.18. The highest BCUT2D eigenvalue weighted by molar-refractivity contribution is 5.93. The van der Waals surface area contributed by atoms with Gasteiger partial charge in [-0.15, -0.1) is 5.10 Å². The summed E-state index contributed by atoms with van der Waals surface area (Å²) in [4.78, 5) is 32.7. The van der Waals surface area contributed by atoms with E-state index in [0.717, 1.165) is 43.6 Å². The van der Waals surface area contributed by atoms with Crippen molar-refractivity contribution < 1.29 is 22.7 Å². The summed E-state index contributed by atoms with van der Waals surface area (Å²) in [6.07, 6.45) is -2.00. The topological polar surface area (TPSA) is 110 Å². The van der Waals surface area contributed by atoms with Gasteiger partial charge < -0.3 is 14.5 Å².